The molecule has 3 N–H and O–H groups in total. The summed E-state index contributed by atoms with van der Waals surface area (Å²) in [6.07, 6.45) is 2.41. The predicted molar refractivity (Wildman–Crippen MR) is 78.9 cm³/mol. The Balaban J connectivity index is 1.88. The van der Waals surface area contributed by atoms with Crippen molar-refractivity contribution in [2.24, 2.45) is 5.73 Å². The van der Waals surface area contributed by atoms with E-state index in [4.69, 9.17) is 15.9 Å². The maximum atomic E-state index is 12.7. The Hall–Kier alpha value is -1.44. The fraction of sp³-hybridized carbons (Fsp3) is 0.500. The molecule has 1 heterocycles. The molecule has 1 atom stereocenters. The lowest BCUT2D eigenvalue weighted by atomic mass is 10.1. The molecule has 114 valence electrons. The number of sulfonamides is 1. The van der Waals surface area contributed by atoms with Crippen molar-refractivity contribution in [2.45, 2.75) is 30.3 Å². The van der Waals surface area contributed by atoms with E-state index in [2.05, 4.69) is 0 Å². The Bertz CT molecular complexity index is 672. The van der Waals surface area contributed by atoms with E-state index in [0.29, 0.717) is 11.4 Å². The summed E-state index contributed by atoms with van der Waals surface area (Å²) in [7, 11) is -3.55. The van der Waals surface area contributed by atoms with E-state index in [1.165, 1.54) is 9.87 Å². The molecule has 1 aliphatic carbocycles. The van der Waals surface area contributed by atoms with Crippen LogP contribution in [0.3, 0.4) is 0 Å². The van der Waals surface area contributed by atoms with Crippen molar-refractivity contribution in [3.63, 3.8) is 0 Å². The van der Waals surface area contributed by atoms with E-state index < -0.39 is 16.1 Å². The molecule has 0 saturated carbocycles. The van der Waals surface area contributed by atoms with Crippen LogP contribution < -0.4 is 5.73 Å². The Labute approximate surface area is 124 Å². The molecule has 7 heteroatoms. The molecular formula is C14H19N3O3S. The van der Waals surface area contributed by atoms with Gasteiger partial charge in [0.2, 0.25) is 10.0 Å². The number of nitrogens with two attached hydrogens (primary N) is 1. The van der Waals surface area contributed by atoms with Gasteiger partial charge in [-0.15, -0.1) is 0 Å². The van der Waals surface area contributed by atoms with Crippen molar-refractivity contribution in [2.75, 3.05) is 19.7 Å². The average Bonchev–Trinajstić information content (AvgIpc) is 2.94. The van der Waals surface area contributed by atoms with E-state index in [0.717, 1.165) is 24.8 Å². The van der Waals surface area contributed by atoms with E-state index in [9.17, 15) is 8.42 Å². The Morgan fingerprint density at radius 1 is 1.33 bits per heavy atom. The van der Waals surface area contributed by atoms with E-state index >= 15 is 0 Å². The molecule has 0 amide bonds. The second-order valence-electron chi connectivity index (χ2n) is 5.46. The molecule has 0 radical (unpaired) electrons. The number of hydrogen-bond acceptors (Lipinski definition) is 4. The topological polar surface area (TPSA) is 96.5 Å². The molecule has 0 spiro atoms. The number of morpholine rings is 1. The molecule has 0 bridgehead atoms. The normalized spacial score (nSPS) is 23.0. The number of nitrogens with zero attached hydrogens (tertiary/aromatic N) is 1. The van der Waals surface area contributed by atoms with Crippen molar-refractivity contribution in [1.29, 1.82) is 5.41 Å². The number of benzene rings is 1. The summed E-state index contributed by atoms with van der Waals surface area (Å²) < 4.78 is 32.1. The lowest BCUT2D eigenvalue weighted by Crippen LogP contribution is -2.50. The summed E-state index contributed by atoms with van der Waals surface area (Å²) in [5.74, 6) is -0.135. The van der Waals surface area contributed by atoms with Gasteiger partial charge in [0.1, 0.15) is 11.9 Å². The van der Waals surface area contributed by atoms with Crippen LogP contribution >= 0.6 is 0 Å². The lowest BCUT2D eigenvalue weighted by molar-refractivity contribution is 0.0368. The molecule has 1 aromatic rings. The molecule has 2 aliphatic rings. The summed E-state index contributed by atoms with van der Waals surface area (Å²) in [6.45, 7) is 0.659. The SMILES string of the molecule is N=C(N)C1CN(S(=O)(=O)c2ccc3c(c2)CCC3)CCO1. The standard InChI is InChI=1S/C14H19N3O3S/c15-14(16)13-9-17(6-7-20-13)21(18,19)12-5-4-10-2-1-3-11(10)8-12/h4-5,8,13H,1-3,6-7,9H2,(H3,15,16). The molecule has 1 saturated heterocycles. The smallest absolute Gasteiger partial charge is 0.243 e. The van der Waals surface area contributed by atoms with Crippen LogP contribution in [0.4, 0.5) is 0 Å². The van der Waals surface area contributed by atoms with Gasteiger partial charge in [-0.25, -0.2) is 8.42 Å². The maximum absolute atomic E-state index is 12.7. The zero-order valence-electron chi connectivity index (χ0n) is 11.7. The van der Waals surface area contributed by atoms with Crippen LogP contribution in [0.5, 0.6) is 0 Å². The van der Waals surface area contributed by atoms with Gasteiger partial charge in [0.25, 0.3) is 0 Å². The lowest BCUT2D eigenvalue weighted by Gasteiger charge is -2.31. The third-order valence-corrected chi connectivity index (χ3v) is 5.94. The number of fused-ring (bicyclic) bond motifs is 1. The van der Waals surface area contributed by atoms with Gasteiger partial charge in [-0.2, -0.15) is 4.31 Å². The first-order chi connectivity index (χ1) is 9.98. The zero-order chi connectivity index (χ0) is 15.0. The van der Waals surface area contributed by atoms with Gasteiger partial charge < -0.3 is 10.5 Å². The highest BCUT2D eigenvalue weighted by Gasteiger charge is 2.32. The number of aryl methyl sites for hydroxylation is 2. The van der Waals surface area contributed by atoms with Crippen LogP contribution in [0, 0.1) is 5.41 Å². The number of rotatable bonds is 3. The van der Waals surface area contributed by atoms with Crippen LogP contribution in [-0.4, -0.2) is 44.4 Å². The Morgan fingerprint density at radius 3 is 2.86 bits per heavy atom. The molecular weight excluding hydrogens is 290 g/mol. The van der Waals surface area contributed by atoms with Crippen LogP contribution in [-0.2, 0) is 27.6 Å². The van der Waals surface area contributed by atoms with Crippen LogP contribution in [0.2, 0.25) is 0 Å². The van der Waals surface area contributed by atoms with Crippen molar-refractivity contribution in [3.05, 3.63) is 29.3 Å². The Morgan fingerprint density at radius 2 is 2.10 bits per heavy atom. The number of nitrogens with one attached hydrogen (secondary N) is 1. The fourth-order valence-corrected chi connectivity index (χ4v) is 4.37. The van der Waals surface area contributed by atoms with Gasteiger partial charge in [-0.1, -0.05) is 6.07 Å². The molecule has 1 aliphatic heterocycles. The molecule has 6 nitrogen and oxygen atoms in total. The van der Waals surface area contributed by atoms with Gasteiger partial charge in [-0.05, 0) is 42.5 Å². The van der Waals surface area contributed by atoms with Crippen molar-refractivity contribution in [3.8, 4) is 0 Å². The van der Waals surface area contributed by atoms with Crippen molar-refractivity contribution >= 4 is 15.9 Å². The summed E-state index contributed by atoms with van der Waals surface area (Å²) in [4.78, 5) is 0.326. The monoisotopic (exact) mass is 309 g/mol. The van der Waals surface area contributed by atoms with Crippen molar-refractivity contribution < 1.29 is 13.2 Å². The highest BCUT2D eigenvalue weighted by Crippen LogP contribution is 2.27. The second-order valence-corrected chi connectivity index (χ2v) is 7.40. The van der Waals surface area contributed by atoms with Crippen molar-refractivity contribution in [1.82, 2.24) is 4.31 Å². The van der Waals surface area contributed by atoms with E-state index in [-0.39, 0.29) is 19.0 Å². The maximum Gasteiger partial charge on any atom is 0.243 e. The highest BCUT2D eigenvalue weighted by molar-refractivity contribution is 7.89. The van der Waals surface area contributed by atoms with E-state index in [1.807, 2.05) is 6.07 Å². The fourth-order valence-electron chi connectivity index (χ4n) is 2.89. The van der Waals surface area contributed by atoms with Gasteiger partial charge in [0, 0.05) is 13.1 Å². The van der Waals surface area contributed by atoms with Crippen LogP contribution in [0.1, 0.15) is 17.5 Å². The summed E-state index contributed by atoms with van der Waals surface area (Å²) in [5.41, 5.74) is 7.80. The molecule has 21 heavy (non-hydrogen) atoms. The average molecular weight is 309 g/mol. The van der Waals surface area contributed by atoms with Gasteiger partial charge in [0.05, 0.1) is 11.5 Å². The first-order valence-corrected chi connectivity index (χ1v) is 8.50. The number of ether oxygens (including phenoxy) is 1. The van der Waals surface area contributed by atoms with Crippen LogP contribution in [0.25, 0.3) is 0 Å². The number of hydrogen-bond donors (Lipinski definition) is 2. The molecule has 1 fully saturated rings. The van der Waals surface area contributed by atoms with Gasteiger partial charge in [-0.3, -0.25) is 5.41 Å². The predicted octanol–water partition coefficient (Wildman–Crippen LogP) is 0.501. The molecule has 3 rings (SSSR count). The third-order valence-electron chi connectivity index (χ3n) is 4.08. The summed E-state index contributed by atoms with van der Waals surface area (Å²) >= 11 is 0. The molecule has 1 aromatic carbocycles. The minimum Gasteiger partial charge on any atom is -0.385 e. The minimum absolute atomic E-state index is 0.106. The molecule has 1 unspecified atom stereocenters. The summed E-state index contributed by atoms with van der Waals surface area (Å²) in [6, 6.07) is 5.38. The minimum atomic E-state index is -3.55. The summed E-state index contributed by atoms with van der Waals surface area (Å²) in [5, 5.41) is 7.42. The van der Waals surface area contributed by atoms with Gasteiger partial charge in [0.15, 0.2) is 0 Å². The quantitative estimate of drug-likeness (QED) is 0.628. The first-order valence-electron chi connectivity index (χ1n) is 7.06. The Kier molecular flexibility index (Phi) is 3.73. The highest BCUT2D eigenvalue weighted by atomic mass is 32.2. The third kappa shape index (κ3) is 2.68. The zero-order valence-corrected chi connectivity index (χ0v) is 12.5. The van der Waals surface area contributed by atoms with Crippen LogP contribution in [0.15, 0.2) is 23.1 Å². The van der Waals surface area contributed by atoms with E-state index in [1.54, 1.807) is 12.1 Å². The first kappa shape index (κ1) is 14.5. The number of amidine groups is 1. The largest absolute Gasteiger partial charge is 0.385 e. The molecule has 0 aromatic heterocycles. The van der Waals surface area contributed by atoms with Gasteiger partial charge >= 0.3 is 0 Å². The second kappa shape index (κ2) is 5.40.